The van der Waals surface area contributed by atoms with Crippen molar-refractivity contribution < 1.29 is 14.1 Å². The van der Waals surface area contributed by atoms with E-state index in [0.29, 0.717) is 36.2 Å². The first-order chi connectivity index (χ1) is 14.2. The van der Waals surface area contributed by atoms with Gasteiger partial charge in [-0.15, -0.1) is 0 Å². The quantitative estimate of drug-likeness (QED) is 0.576. The maximum Gasteiger partial charge on any atom is 0.275 e. The molecule has 1 N–H and O–H groups in total. The smallest absolute Gasteiger partial charge is 0.275 e. The molecule has 4 aromatic rings. The Hall–Kier alpha value is -3.68. The van der Waals surface area contributed by atoms with Gasteiger partial charge in [0.15, 0.2) is 11.5 Å². The van der Waals surface area contributed by atoms with Crippen molar-refractivity contribution in [2.45, 2.75) is 19.4 Å². The average Bonchev–Trinajstić information content (AvgIpc) is 3.47. The highest BCUT2D eigenvalue weighted by molar-refractivity contribution is 6.04. The Morgan fingerprint density at radius 2 is 2.03 bits per heavy atom. The van der Waals surface area contributed by atoms with Crippen LogP contribution in [0.2, 0.25) is 0 Å². The van der Waals surface area contributed by atoms with E-state index < -0.39 is 0 Å². The average molecular weight is 389 g/mol. The Morgan fingerprint density at radius 1 is 1.21 bits per heavy atom. The van der Waals surface area contributed by atoms with Gasteiger partial charge in [-0.3, -0.25) is 9.89 Å². The second-order valence-electron chi connectivity index (χ2n) is 7.04. The zero-order valence-electron chi connectivity index (χ0n) is 15.8. The zero-order valence-corrected chi connectivity index (χ0v) is 15.8. The van der Waals surface area contributed by atoms with Gasteiger partial charge in [-0.05, 0) is 25.1 Å². The molecule has 1 aliphatic rings. The zero-order chi connectivity index (χ0) is 19.8. The normalized spacial score (nSPS) is 16.4. The standard InChI is InChI=1S/C21H19N5O3/c1-13-22-20(29-25-13)16-7-3-5-9-18(16)28-14-10-11-26(12-14)21(27)19-15-6-2-4-8-17(15)23-24-19/h2-9,14H,10-12H2,1H3,(H,23,24). The van der Waals surface area contributed by atoms with Gasteiger partial charge in [-0.2, -0.15) is 10.1 Å². The molecule has 1 atom stereocenters. The highest BCUT2D eigenvalue weighted by Crippen LogP contribution is 2.31. The number of aromatic amines is 1. The number of amides is 1. The lowest BCUT2D eigenvalue weighted by Gasteiger charge is -2.17. The molecule has 1 amide bonds. The molecule has 1 fully saturated rings. The Labute approximate surface area is 166 Å². The minimum Gasteiger partial charge on any atom is -0.488 e. The first-order valence-electron chi connectivity index (χ1n) is 9.48. The van der Waals surface area contributed by atoms with Crippen molar-refractivity contribution in [2.75, 3.05) is 13.1 Å². The minimum absolute atomic E-state index is 0.0886. The molecule has 1 saturated heterocycles. The minimum atomic E-state index is -0.116. The Morgan fingerprint density at radius 3 is 2.90 bits per heavy atom. The van der Waals surface area contributed by atoms with Crippen molar-refractivity contribution in [3.8, 4) is 17.2 Å². The second kappa shape index (κ2) is 7.05. The van der Waals surface area contributed by atoms with Crippen LogP contribution in [-0.4, -0.2) is 50.3 Å². The lowest BCUT2D eigenvalue weighted by atomic mass is 10.2. The fraction of sp³-hybridized carbons (Fsp3) is 0.238. The molecule has 0 aliphatic carbocycles. The van der Waals surface area contributed by atoms with Crippen molar-refractivity contribution in [1.29, 1.82) is 0 Å². The van der Waals surface area contributed by atoms with E-state index in [4.69, 9.17) is 9.26 Å². The van der Waals surface area contributed by atoms with Crippen LogP contribution in [0.5, 0.6) is 5.75 Å². The number of hydrogen-bond donors (Lipinski definition) is 1. The summed E-state index contributed by atoms with van der Waals surface area (Å²) in [5.74, 6) is 1.57. The molecular weight excluding hydrogens is 370 g/mol. The molecule has 5 rings (SSSR count). The second-order valence-corrected chi connectivity index (χ2v) is 7.04. The number of para-hydroxylation sites is 2. The Bertz CT molecular complexity index is 1180. The molecule has 2 aromatic heterocycles. The van der Waals surface area contributed by atoms with E-state index in [1.165, 1.54) is 0 Å². The number of benzene rings is 2. The monoisotopic (exact) mass is 389 g/mol. The van der Waals surface area contributed by atoms with Crippen molar-refractivity contribution in [2.24, 2.45) is 0 Å². The number of ether oxygens (including phenoxy) is 1. The molecule has 8 heteroatoms. The summed E-state index contributed by atoms with van der Waals surface area (Å²) in [7, 11) is 0. The first-order valence-corrected chi connectivity index (χ1v) is 9.48. The Kier molecular flexibility index (Phi) is 4.23. The fourth-order valence-electron chi connectivity index (χ4n) is 3.62. The van der Waals surface area contributed by atoms with Crippen LogP contribution in [0.1, 0.15) is 22.7 Å². The van der Waals surface area contributed by atoms with Crippen LogP contribution in [0.15, 0.2) is 53.1 Å². The fourth-order valence-corrected chi connectivity index (χ4v) is 3.62. The number of nitrogens with one attached hydrogen (secondary N) is 1. The van der Waals surface area contributed by atoms with Gasteiger partial charge >= 0.3 is 0 Å². The van der Waals surface area contributed by atoms with Gasteiger partial charge in [-0.1, -0.05) is 35.5 Å². The van der Waals surface area contributed by atoms with Gasteiger partial charge in [0.05, 0.1) is 17.6 Å². The lowest BCUT2D eigenvalue weighted by molar-refractivity contribution is 0.0768. The molecule has 0 saturated carbocycles. The van der Waals surface area contributed by atoms with Gasteiger partial charge in [-0.25, -0.2) is 0 Å². The molecule has 1 aliphatic heterocycles. The molecule has 8 nitrogen and oxygen atoms in total. The molecule has 0 spiro atoms. The number of aromatic nitrogens is 4. The predicted octanol–water partition coefficient (Wildman–Crippen LogP) is 3.21. The Balaban J connectivity index is 1.33. The summed E-state index contributed by atoms with van der Waals surface area (Å²) in [6.07, 6.45) is 0.625. The van der Waals surface area contributed by atoms with E-state index in [1.54, 1.807) is 11.8 Å². The van der Waals surface area contributed by atoms with Crippen LogP contribution in [0.25, 0.3) is 22.4 Å². The number of hydrogen-bond acceptors (Lipinski definition) is 6. The molecule has 0 radical (unpaired) electrons. The van der Waals surface area contributed by atoms with Gasteiger partial charge in [0.25, 0.3) is 11.8 Å². The topological polar surface area (TPSA) is 97.1 Å². The third-order valence-electron chi connectivity index (χ3n) is 5.04. The molecule has 3 heterocycles. The predicted molar refractivity (Wildman–Crippen MR) is 106 cm³/mol. The number of H-pyrrole nitrogens is 1. The van der Waals surface area contributed by atoms with Crippen molar-refractivity contribution >= 4 is 16.8 Å². The molecule has 2 aromatic carbocycles. The van der Waals surface area contributed by atoms with Crippen LogP contribution in [0.4, 0.5) is 0 Å². The highest BCUT2D eigenvalue weighted by atomic mass is 16.5. The van der Waals surface area contributed by atoms with Gasteiger partial charge < -0.3 is 14.2 Å². The van der Waals surface area contributed by atoms with Crippen LogP contribution in [-0.2, 0) is 0 Å². The van der Waals surface area contributed by atoms with Crippen molar-refractivity contribution in [3.05, 3.63) is 60.0 Å². The summed E-state index contributed by atoms with van der Waals surface area (Å²) in [5.41, 5.74) is 2.05. The summed E-state index contributed by atoms with van der Waals surface area (Å²) >= 11 is 0. The first kappa shape index (κ1) is 17.4. The third-order valence-corrected chi connectivity index (χ3v) is 5.04. The van der Waals surface area contributed by atoms with E-state index in [2.05, 4.69) is 20.3 Å². The van der Waals surface area contributed by atoms with Crippen molar-refractivity contribution in [1.82, 2.24) is 25.2 Å². The number of rotatable bonds is 4. The third kappa shape index (κ3) is 3.22. The number of fused-ring (bicyclic) bond motifs is 1. The SMILES string of the molecule is Cc1noc(-c2ccccc2OC2CCN(C(=O)c3n[nH]c4ccccc34)C2)n1. The summed E-state index contributed by atoms with van der Waals surface area (Å²) in [5, 5.41) is 11.8. The van der Waals surface area contributed by atoms with Crippen LogP contribution in [0, 0.1) is 6.92 Å². The molecule has 146 valence electrons. The van der Waals surface area contributed by atoms with Gasteiger partial charge in [0.1, 0.15) is 11.9 Å². The summed E-state index contributed by atoms with van der Waals surface area (Å²) < 4.78 is 11.5. The van der Waals surface area contributed by atoms with Crippen LogP contribution >= 0.6 is 0 Å². The molecule has 29 heavy (non-hydrogen) atoms. The number of carbonyl (C=O) groups excluding carboxylic acids is 1. The number of carbonyl (C=O) groups is 1. The van der Waals surface area contributed by atoms with E-state index in [9.17, 15) is 4.79 Å². The summed E-state index contributed by atoms with van der Waals surface area (Å²) in [4.78, 5) is 19.0. The van der Waals surface area contributed by atoms with E-state index in [0.717, 1.165) is 22.9 Å². The van der Waals surface area contributed by atoms with Gasteiger partial charge in [0.2, 0.25) is 0 Å². The van der Waals surface area contributed by atoms with E-state index in [-0.39, 0.29) is 12.0 Å². The van der Waals surface area contributed by atoms with Crippen molar-refractivity contribution in [3.63, 3.8) is 0 Å². The molecular formula is C21H19N5O3. The lowest BCUT2D eigenvalue weighted by Crippen LogP contribution is -2.31. The van der Waals surface area contributed by atoms with E-state index in [1.807, 2.05) is 48.5 Å². The largest absolute Gasteiger partial charge is 0.488 e. The molecule has 0 bridgehead atoms. The maximum atomic E-state index is 13.0. The highest BCUT2D eigenvalue weighted by Gasteiger charge is 2.31. The number of aryl methyl sites for hydroxylation is 1. The molecule has 1 unspecified atom stereocenters. The summed E-state index contributed by atoms with van der Waals surface area (Å²) in [6.45, 7) is 2.89. The van der Waals surface area contributed by atoms with Crippen LogP contribution < -0.4 is 4.74 Å². The maximum absolute atomic E-state index is 13.0. The summed E-state index contributed by atoms with van der Waals surface area (Å²) in [6, 6.07) is 15.2. The number of nitrogens with zero attached hydrogens (tertiary/aromatic N) is 4. The van der Waals surface area contributed by atoms with Crippen LogP contribution in [0.3, 0.4) is 0 Å². The van der Waals surface area contributed by atoms with Gasteiger partial charge in [0, 0.05) is 18.4 Å². The van der Waals surface area contributed by atoms with E-state index >= 15 is 0 Å². The number of likely N-dealkylation sites (tertiary alicyclic amines) is 1.